The number of nitrogens with zero attached hydrogens (tertiary/aromatic N) is 2. The van der Waals surface area contributed by atoms with E-state index in [2.05, 4.69) is 20.5 Å². The normalized spacial score (nSPS) is 12.0. The predicted molar refractivity (Wildman–Crippen MR) is 93.6 cm³/mol. The van der Waals surface area contributed by atoms with Crippen molar-refractivity contribution < 1.29 is 4.79 Å². The summed E-state index contributed by atoms with van der Waals surface area (Å²) in [5.74, 6) is 0.596. The Balaban J connectivity index is 2.14. The van der Waals surface area contributed by atoms with Crippen molar-refractivity contribution in [2.24, 2.45) is 0 Å². The van der Waals surface area contributed by atoms with Gasteiger partial charge in [0.1, 0.15) is 5.82 Å². The Hall–Kier alpha value is -2.40. The molecule has 122 valence electrons. The molecule has 0 aliphatic heterocycles. The fourth-order valence-corrected chi connectivity index (χ4v) is 2.34. The summed E-state index contributed by atoms with van der Waals surface area (Å²) in [6.07, 6.45) is 2.49. The number of hydrogen-bond acceptors (Lipinski definition) is 4. The molecule has 0 saturated heterocycles. The van der Waals surface area contributed by atoms with Crippen LogP contribution in [0, 0.1) is 0 Å². The maximum atomic E-state index is 12.6. The van der Waals surface area contributed by atoms with Crippen LogP contribution in [0.4, 0.5) is 5.82 Å². The molecule has 2 rings (SSSR count). The summed E-state index contributed by atoms with van der Waals surface area (Å²) in [6, 6.07) is 13.5. The van der Waals surface area contributed by atoms with Crippen molar-refractivity contribution in [3.05, 3.63) is 59.8 Å². The monoisotopic (exact) mass is 312 g/mol. The number of amides is 1. The molecule has 0 saturated carbocycles. The van der Waals surface area contributed by atoms with Crippen LogP contribution in [0.5, 0.6) is 0 Å². The predicted octanol–water partition coefficient (Wildman–Crippen LogP) is 2.55. The Morgan fingerprint density at radius 3 is 2.61 bits per heavy atom. The molecule has 5 nitrogen and oxygen atoms in total. The molecule has 0 fully saturated rings. The zero-order chi connectivity index (χ0) is 16.7. The third-order valence-corrected chi connectivity index (χ3v) is 3.65. The molecule has 1 atom stereocenters. The molecule has 1 amide bonds. The number of benzene rings is 1. The van der Waals surface area contributed by atoms with Crippen LogP contribution in [0.25, 0.3) is 0 Å². The zero-order valence-corrected chi connectivity index (χ0v) is 13.9. The first-order chi connectivity index (χ1) is 11.1. The Labute approximate surface area is 137 Å². The van der Waals surface area contributed by atoms with Gasteiger partial charge in [-0.15, -0.1) is 0 Å². The third-order valence-electron chi connectivity index (χ3n) is 3.65. The number of rotatable bonds is 7. The molecule has 23 heavy (non-hydrogen) atoms. The van der Waals surface area contributed by atoms with Crippen molar-refractivity contribution in [3.63, 3.8) is 0 Å². The summed E-state index contributed by atoms with van der Waals surface area (Å²) in [4.78, 5) is 18.8. The molecule has 0 spiro atoms. The SMILES string of the molecule is CNc1cc(C(=O)N[C@@H](CCN(C)C)c2ccccc2)ccn1. The highest BCUT2D eigenvalue weighted by Crippen LogP contribution is 2.18. The lowest BCUT2D eigenvalue weighted by atomic mass is 10.0. The lowest BCUT2D eigenvalue weighted by Gasteiger charge is -2.21. The average Bonchev–Trinajstić information content (AvgIpc) is 2.59. The summed E-state index contributed by atoms with van der Waals surface area (Å²) in [5, 5.41) is 6.08. The van der Waals surface area contributed by atoms with Gasteiger partial charge in [0.15, 0.2) is 0 Å². The fraction of sp³-hybridized carbons (Fsp3) is 0.333. The molecule has 0 aliphatic rings. The number of pyridine rings is 1. The van der Waals surface area contributed by atoms with E-state index in [0.29, 0.717) is 11.4 Å². The molecule has 0 aliphatic carbocycles. The Morgan fingerprint density at radius 2 is 1.96 bits per heavy atom. The van der Waals surface area contributed by atoms with Gasteiger partial charge in [-0.1, -0.05) is 30.3 Å². The van der Waals surface area contributed by atoms with Gasteiger partial charge in [-0.3, -0.25) is 4.79 Å². The van der Waals surface area contributed by atoms with E-state index in [1.54, 1.807) is 25.4 Å². The second-order valence-electron chi connectivity index (χ2n) is 5.71. The van der Waals surface area contributed by atoms with Crippen molar-refractivity contribution in [1.29, 1.82) is 0 Å². The second-order valence-corrected chi connectivity index (χ2v) is 5.71. The molecule has 1 heterocycles. The molecule has 5 heteroatoms. The van der Waals surface area contributed by atoms with Gasteiger partial charge in [0.25, 0.3) is 5.91 Å². The van der Waals surface area contributed by atoms with E-state index in [0.717, 1.165) is 18.5 Å². The Morgan fingerprint density at radius 1 is 1.22 bits per heavy atom. The number of carbonyl (C=O) groups excluding carboxylic acids is 1. The quantitative estimate of drug-likeness (QED) is 0.825. The minimum atomic E-state index is -0.0866. The summed E-state index contributed by atoms with van der Waals surface area (Å²) in [7, 11) is 5.85. The molecule has 0 unspecified atom stereocenters. The largest absolute Gasteiger partial charge is 0.373 e. The van der Waals surface area contributed by atoms with E-state index >= 15 is 0 Å². The number of anilines is 1. The van der Waals surface area contributed by atoms with Crippen LogP contribution in [-0.4, -0.2) is 43.5 Å². The summed E-state index contributed by atoms with van der Waals surface area (Å²) in [6.45, 7) is 0.901. The molecule has 2 aromatic rings. The lowest BCUT2D eigenvalue weighted by molar-refractivity contribution is 0.0932. The molecule has 0 bridgehead atoms. The van der Waals surface area contributed by atoms with Crippen LogP contribution in [0.2, 0.25) is 0 Å². The van der Waals surface area contributed by atoms with Crippen molar-refractivity contribution in [3.8, 4) is 0 Å². The molecular weight excluding hydrogens is 288 g/mol. The first-order valence-corrected chi connectivity index (χ1v) is 7.74. The van der Waals surface area contributed by atoms with Crippen molar-refractivity contribution in [2.45, 2.75) is 12.5 Å². The molecule has 0 radical (unpaired) electrons. The van der Waals surface area contributed by atoms with Crippen LogP contribution in [0.15, 0.2) is 48.7 Å². The highest BCUT2D eigenvalue weighted by Gasteiger charge is 2.16. The van der Waals surface area contributed by atoms with Gasteiger partial charge in [0.2, 0.25) is 0 Å². The standard InChI is InChI=1S/C18H24N4O/c1-19-17-13-15(9-11-20-17)18(23)21-16(10-12-22(2)3)14-7-5-4-6-8-14/h4-9,11,13,16H,10,12H2,1-3H3,(H,19,20)(H,21,23)/t16-/m0/s1. The molecule has 2 N–H and O–H groups in total. The van der Waals surface area contributed by atoms with Gasteiger partial charge in [0.05, 0.1) is 6.04 Å². The van der Waals surface area contributed by atoms with E-state index in [1.165, 1.54) is 0 Å². The number of hydrogen-bond donors (Lipinski definition) is 2. The highest BCUT2D eigenvalue weighted by molar-refractivity contribution is 5.95. The first kappa shape index (κ1) is 17.0. The van der Waals surface area contributed by atoms with E-state index in [4.69, 9.17) is 0 Å². The van der Waals surface area contributed by atoms with Gasteiger partial charge in [-0.05, 0) is 44.8 Å². The van der Waals surface area contributed by atoms with Gasteiger partial charge >= 0.3 is 0 Å². The van der Waals surface area contributed by atoms with Gasteiger partial charge < -0.3 is 15.5 Å². The van der Waals surface area contributed by atoms with Crippen molar-refractivity contribution in [2.75, 3.05) is 33.0 Å². The van der Waals surface area contributed by atoms with E-state index in [1.807, 2.05) is 44.4 Å². The van der Waals surface area contributed by atoms with E-state index in [9.17, 15) is 4.79 Å². The van der Waals surface area contributed by atoms with Crippen LogP contribution in [0.3, 0.4) is 0 Å². The van der Waals surface area contributed by atoms with E-state index < -0.39 is 0 Å². The maximum Gasteiger partial charge on any atom is 0.251 e. The summed E-state index contributed by atoms with van der Waals surface area (Å²) in [5.41, 5.74) is 1.72. The minimum absolute atomic E-state index is 0.0164. The smallest absolute Gasteiger partial charge is 0.251 e. The molecule has 1 aromatic heterocycles. The lowest BCUT2D eigenvalue weighted by Crippen LogP contribution is -2.31. The molecule has 1 aromatic carbocycles. The first-order valence-electron chi connectivity index (χ1n) is 7.74. The number of carbonyl (C=O) groups is 1. The number of nitrogens with one attached hydrogen (secondary N) is 2. The summed E-state index contributed by atoms with van der Waals surface area (Å²) < 4.78 is 0. The van der Waals surface area contributed by atoms with Gasteiger partial charge in [-0.25, -0.2) is 4.98 Å². The zero-order valence-electron chi connectivity index (χ0n) is 13.9. The summed E-state index contributed by atoms with van der Waals surface area (Å²) >= 11 is 0. The van der Waals surface area contributed by atoms with Crippen LogP contribution in [-0.2, 0) is 0 Å². The topological polar surface area (TPSA) is 57.3 Å². The third kappa shape index (κ3) is 5.07. The second kappa shape index (κ2) is 8.29. The van der Waals surface area contributed by atoms with Crippen molar-refractivity contribution in [1.82, 2.24) is 15.2 Å². The van der Waals surface area contributed by atoms with Crippen LogP contribution < -0.4 is 10.6 Å². The Bertz CT molecular complexity index is 628. The number of aromatic nitrogens is 1. The van der Waals surface area contributed by atoms with Crippen molar-refractivity contribution >= 4 is 11.7 Å². The molecular formula is C18H24N4O. The van der Waals surface area contributed by atoms with Gasteiger partial charge in [0, 0.05) is 18.8 Å². The maximum absolute atomic E-state index is 12.6. The van der Waals surface area contributed by atoms with Crippen LogP contribution >= 0.6 is 0 Å². The fourth-order valence-electron chi connectivity index (χ4n) is 2.34. The average molecular weight is 312 g/mol. The highest BCUT2D eigenvalue weighted by atomic mass is 16.1. The minimum Gasteiger partial charge on any atom is -0.373 e. The van der Waals surface area contributed by atoms with E-state index in [-0.39, 0.29) is 11.9 Å². The van der Waals surface area contributed by atoms with Crippen LogP contribution in [0.1, 0.15) is 28.4 Å². The van der Waals surface area contributed by atoms with Gasteiger partial charge in [-0.2, -0.15) is 0 Å². The Kier molecular flexibility index (Phi) is 6.11.